The molecule has 0 spiro atoms. The lowest BCUT2D eigenvalue weighted by Gasteiger charge is -2.50. The molecule has 76 valence electrons. The number of fused-ring (bicyclic) bond motifs is 1. The van der Waals surface area contributed by atoms with Gasteiger partial charge >= 0.3 is 0 Å². The molecule has 2 nitrogen and oxygen atoms in total. The number of aromatic nitrogens is 1. The van der Waals surface area contributed by atoms with Crippen LogP contribution in [-0.2, 0) is 6.42 Å². The molecule has 3 rings (SSSR count). The zero-order valence-corrected chi connectivity index (χ0v) is 8.82. The van der Waals surface area contributed by atoms with Crippen molar-refractivity contribution in [2.45, 2.75) is 32.2 Å². The number of pyridine rings is 1. The maximum atomic E-state index is 3.89. The second-order valence-corrected chi connectivity index (χ2v) is 3.98. The fraction of sp³-hybridized carbons (Fsp3) is 0.583. The van der Waals surface area contributed by atoms with Gasteiger partial charge in [0.1, 0.15) is 0 Å². The second kappa shape index (κ2) is 4.56. The molecule has 0 unspecified atom stereocenters. The van der Waals surface area contributed by atoms with Crippen molar-refractivity contribution >= 4 is 0 Å². The molecule has 0 aliphatic carbocycles. The molecule has 0 atom stereocenters. The maximum absolute atomic E-state index is 3.89. The maximum Gasteiger partial charge on any atom is 0.0270 e. The van der Waals surface area contributed by atoms with Crippen molar-refractivity contribution in [3.05, 3.63) is 30.1 Å². The Bertz CT molecular complexity index is 253. The van der Waals surface area contributed by atoms with Crippen LogP contribution in [0.4, 0.5) is 0 Å². The van der Waals surface area contributed by atoms with Gasteiger partial charge in [0.15, 0.2) is 0 Å². The van der Waals surface area contributed by atoms with Crippen LogP contribution in [0, 0.1) is 0 Å². The summed E-state index contributed by atoms with van der Waals surface area (Å²) in [5.41, 5.74) is 1.35. The summed E-state index contributed by atoms with van der Waals surface area (Å²) in [7, 11) is 0. The van der Waals surface area contributed by atoms with Crippen LogP contribution in [0.3, 0.4) is 0 Å². The molecule has 3 heterocycles. The van der Waals surface area contributed by atoms with Gasteiger partial charge in [0.25, 0.3) is 0 Å². The average Bonchev–Trinajstić information content (AvgIpc) is 2.25. The van der Waals surface area contributed by atoms with Crippen molar-refractivity contribution in [3.63, 3.8) is 0 Å². The molecule has 0 saturated carbocycles. The highest BCUT2D eigenvalue weighted by Crippen LogP contribution is 2.28. The Kier molecular flexibility index (Phi) is 3.14. The fourth-order valence-corrected chi connectivity index (χ4v) is 1.86. The molecule has 0 radical (unpaired) electrons. The van der Waals surface area contributed by atoms with E-state index in [4.69, 9.17) is 0 Å². The number of piperidine rings is 1. The quantitative estimate of drug-likeness (QED) is 0.674. The third-order valence-corrected chi connectivity index (χ3v) is 3.17. The molecule has 2 saturated heterocycles. The molecule has 14 heavy (non-hydrogen) atoms. The van der Waals surface area contributed by atoms with Crippen LogP contribution in [0.2, 0.25) is 0 Å². The summed E-state index contributed by atoms with van der Waals surface area (Å²) in [6.07, 6.45) is 7.71. The third-order valence-electron chi connectivity index (χ3n) is 3.17. The highest BCUT2D eigenvalue weighted by molar-refractivity contribution is 5.08. The Balaban J connectivity index is 0.000000110. The summed E-state index contributed by atoms with van der Waals surface area (Å²) in [5.74, 6) is 0. The number of hydrogen-bond acceptors (Lipinski definition) is 2. The number of nitrogens with zero attached hydrogens (tertiary/aromatic N) is 2. The first-order valence-electron chi connectivity index (χ1n) is 5.53. The molecule has 0 aromatic carbocycles. The smallest absolute Gasteiger partial charge is 0.0270 e. The van der Waals surface area contributed by atoms with Crippen molar-refractivity contribution in [2.24, 2.45) is 0 Å². The van der Waals surface area contributed by atoms with E-state index < -0.39 is 0 Å². The number of rotatable bonds is 1. The van der Waals surface area contributed by atoms with Crippen LogP contribution in [0.15, 0.2) is 24.5 Å². The van der Waals surface area contributed by atoms with Crippen molar-refractivity contribution in [1.29, 1.82) is 0 Å². The highest BCUT2D eigenvalue weighted by Gasteiger charge is 2.34. The minimum atomic E-state index is 1.05. The van der Waals surface area contributed by atoms with E-state index in [0.29, 0.717) is 0 Å². The summed E-state index contributed by atoms with van der Waals surface area (Å²) in [4.78, 5) is 6.42. The van der Waals surface area contributed by atoms with Gasteiger partial charge in [-0.15, -0.1) is 0 Å². The van der Waals surface area contributed by atoms with Crippen LogP contribution in [0.25, 0.3) is 0 Å². The van der Waals surface area contributed by atoms with Crippen molar-refractivity contribution in [1.82, 2.24) is 9.88 Å². The molecular formula is C12H18N2. The fourth-order valence-electron chi connectivity index (χ4n) is 1.86. The zero-order chi connectivity index (χ0) is 9.80. The lowest BCUT2D eigenvalue weighted by Crippen LogP contribution is -2.57. The molecule has 1 aromatic rings. The van der Waals surface area contributed by atoms with Crippen molar-refractivity contribution in [3.8, 4) is 0 Å². The third kappa shape index (κ3) is 2.13. The molecule has 2 aliphatic heterocycles. The van der Waals surface area contributed by atoms with Crippen molar-refractivity contribution < 1.29 is 0 Å². The van der Waals surface area contributed by atoms with Gasteiger partial charge in [-0.3, -0.25) is 4.98 Å². The van der Waals surface area contributed by atoms with E-state index in [1.54, 1.807) is 0 Å². The lowest BCUT2D eigenvalue weighted by atomic mass is 9.91. The largest absolute Gasteiger partial charge is 0.300 e. The average molecular weight is 190 g/mol. The molecular weight excluding hydrogens is 172 g/mol. The predicted molar refractivity (Wildman–Crippen MR) is 58.2 cm³/mol. The van der Waals surface area contributed by atoms with E-state index in [1.165, 1.54) is 31.5 Å². The van der Waals surface area contributed by atoms with E-state index in [-0.39, 0.29) is 0 Å². The Morgan fingerprint density at radius 1 is 1.29 bits per heavy atom. The minimum absolute atomic E-state index is 1.05. The molecule has 2 heteroatoms. The summed E-state index contributed by atoms with van der Waals surface area (Å²) >= 11 is 0. The van der Waals surface area contributed by atoms with Gasteiger partial charge < -0.3 is 4.90 Å². The molecule has 1 aromatic heterocycles. The van der Waals surface area contributed by atoms with E-state index >= 15 is 0 Å². The Morgan fingerprint density at radius 3 is 2.07 bits per heavy atom. The van der Waals surface area contributed by atoms with E-state index in [0.717, 1.165) is 12.5 Å². The summed E-state index contributed by atoms with van der Waals surface area (Å²) in [5, 5.41) is 0. The normalized spacial score (nSPS) is 19.8. The van der Waals surface area contributed by atoms with Gasteiger partial charge in [-0.2, -0.15) is 0 Å². The van der Waals surface area contributed by atoms with E-state index in [9.17, 15) is 0 Å². The second-order valence-electron chi connectivity index (χ2n) is 3.98. The molecule has 2 aliphatic rings. The van der Waals surface area contributed by atoms with Gasteiger partial charge in [-0.1, -0.05) is 6.92 Å². The van der Waals surface area contributed by atoms with Crippen LogP contribution in [0.1, 0.15) is 25.3 Å². The monoisotopic (exact) mass is 190 g/mol. The minimum Gasteiger partial charge on any atom is -0.300 e. The Morgan fingerprint density at radius 2 is 1.86 bits per heavy atom. The van der Waals surface area contributed by atoms with Crippen molar-refractivity contribution in [2.75, 3.05) is 13.1 Å². The molecule has 0 N–H and O–H groups in total. The topological polar surface area (TPSA) is 16.1 Å². The SMILES string of the molecule is C1CN2CCC12.CCc1ccncc1. The lowest BCUT2D eigenvalue weighted by molar-refractivity contribution is -0.00222. The van der Waals surface area contributed by atoms with Gasteiger partial charge in [-0.05, 0) is 50.0 Å². The first-order valence-corrected chi connectivity index (χ1v) is 5.53. The van der Waals surface area contributed by atoms with Gasteiger partial charge in [0.2, 0.25) is 0 Å². The predicted octanol–water partition coefficient (Wildman–Crippen LogP) is 2.11. The zero-order valence-electron chi connectivity index (χ0n) is 8.82. The van der Waals surface area contributed by atoms with E-state index in [2.05, 4.69) is 16.8 Å². The Labute approximate surface area is 86.0 Å². The van der Waals surface area contributed by atoms with Gasteiger partial charge in [0, 0.05) is 18.4 Å². The van der Waals surface area contributed by atoms with Gasteiger partial charge in [-0.25, -0.2) is 0 Å². The first kappa shape index (κ1) is 9.66. The number of aryl methyl sites for hydroxylation is 1. The number of hydrogen-bond donors (Lipinski definition) is 0. The molecule has 2 fully saturated rings. The Hall–Kier alpha value is -0.890. The summed E-state index contributed by atoms with van der Waals surface area (Å²) < 4.78 is 0. The highest BCUT2D eigenvalue weighted by atomic mass is 15.3. The standard InChI is InChI=1S/C7H9N.C5H9N/c1-2-7-3-5-8-6-4-7;1-3-6-4-2-5(1)6/h3-6H,2H2,1H3;5H,1-4H2. The van der Waals surface area contributed by atoms with E-state index in [1.807, 2.05) is 24.5 Å². The van der Waals surface area contributed by atoms with Crippen LogP contribution in [-0.4, -0.2) is 29.0 Å². The van der Waals surface area contributed by atoms with Crippen LogP contribution >= 0.6 is 0 Å². The first-order chi connectivity index (χ1) is 6.90. The molecule has 0 amide bonds. The van der Waals surface area contributed by atoms with Gasteiger partial charge in [0.05, 0.1) is 0 Å². The summed E-state index contributed by atoms with van der Waals surface area (Å²) in [6.45, 7) is 4.92. The summed E-state index contributed by atoms with van der Waals surface area (Å²) in [6, 6.07) is 5.10. The molecule has 0 bridgehead atoms. The van der Waals surface area contributed by atoms with Crippen LogP contribution in [0.5, 0.6) is 0 Å². The van der Waals surface area contributed by atoms with Crippen LogP contribution < -0.4 is 0 Å².